The Balaban J connectivity index is 0.691. The van der Waals surface area contributed by atoms with Crippen LogP contribution in [-0.4, -0.2) is 189 Å². The number of amides is 2. The number of anilines is 2. The van der Waals surface area contributed by atoms with Gasteiger partial charge in [0.2, 0.25) is 17.5 Å². The average molecular weight is 1660 g/mol. The van der Waals surface area contributed by atoms with Crippen molar-refractivity contribution in [1.29, 1.82) is 0 Å². The Morgan fingerprint density at radius 2 is 1.58 bits per heavy atom. The number of ether oxygens (including phenoxy) is 7. The van der Waals surface area contributed by atoms with Gasteiger partial charge in [-0.05, 0) is 103 Å². The number of nitrogens with two attached hydrogens (primary N) is 1. The number of esters is 1. The number of fused-ring (bicyclic) bond motifs is 3. The van der Waals surface area contributed by atoms with Crippen LogP contribution < -0.4 is 26.8 Å². The molecule has 1 saturated heterocycles. The lowest BCUT2D eigenvalue weighted by Gasteiger charge is -2.25. The largest absolute Gasteiger partial charge is 0.490 e. The molecule has 4 aromatic rings. The van der Waals surface area contributed by atoms with E-state index in [1.807, 2.05) is 39.8 Å². The predicted octanol–water partition coefficient (Wildman–Crippen LogP) is 10.8. The minimum Gasteiger partial charge on any atom is -0.466 e. The van der Waals surface area contributed by atoms with E-state index in [1.54, 1.807) is 29.2 Å². The smallest absolute Gasteiger partial charge is 0.466 e. The molecule has 2 aromatic heterocycles. The standard InChI is InChI=1S/C68H97N8O24P3S5/c1-9-74-52-24-17-16-23-50(52)67(4,5)56(74)25-12-10-13-26-57-68(6,7)51-42-49(108(88,89)90)29-30-53(51)75(57)34-19-11-14-27-58(77)70-32-38-91-40-41-92-39-33-71-65(80)95-37-31-66(2,3)107-106-46-93-35-20-21-36-94-60(78)28-18-15-22-48-44-76(62-61(48)63(79)73-64(69)72-62)59-43-54(96-47-105-104-8)55(98-59)45-97-102(84,85)100-103(86,87)99-101(81,82)83/h10,12-13,16-17,23-26,29-30,42,44,54-55,59H,9,11,14,18-21,27-28,31-41,43,45-47H2,1-8H3,(H9-,69,70,71,72,73,77,79,80,81,82,83,84,85,86,87,88,89,90)/p+1/t54-,55+,59+/m0/s1. The molecule has 0 bridgehead atoms. The zero-order valence-corrected chi connectivity index (χ0v) is 68.2. The van der Waals surface area contributed by atoms with E-state index in [0.717, 1.165) is 36.3 Å². The van der Waals surface area contributed by atoms with Crippen LogP contribution in [-0.2, 0) is 90.5 Å². The van der Waals surface area contributed by atoms with Crippen molar-refractivity contribution in [2.24, 2.45) is 0 Å². The normalized spacial score (nSPS) is 18.5. The lowest BCUT2D eigenvalue weighted by Crippen LogP contribution is -2.30. The molecule has 1 fully saturated rings. The maximum atomic E-state index is 13.2. The summed E-state index contributed by atoms with van der Waals surface area (Å²) >= 11 is 0. The van der Waals surface area contributed by atoms with Gasteiger partial charge in [-0.15, -0.1) is 0 Å². The number of aromatic amines is 1. The van der Waals surface area contributed by atoms with Crippen molar-refractivity contribution in [3.05, 3.63) is 112 Å². The summed E-state index contributed by atoms with van der Waals surface area (Å²) in [6.45, 7) is 18.1. The number of unbranched alkanes of at least 4 members (excludes halogenated alkanes) is 3. The number of likely N-dealkylation sites (N-methyl/N-ethyl adjacent to an activating group) is 1. The Bertz CT molecular complexity index is 4270. The minimum atomic E-state index is -5.79. The summed E-state index contributed by atoms with van der Waals surface area (Å²) in [6, 6.07) is 13.2. The van der Waals surface area contributed by atoms with Gasteiger partial charge in [0.25, 0.3) is 15.7 Å². The number of alkyl carbamates (subject to hydrolysis) is 1. The first-order valence-electron chi connectivity index (χ1n) is 34.7. The summed E-state index contributed by atoms with van der Waals surface area (Å²) in [4.78, 5) is 97.0. The molecule has 5 heterocycles. The van der Waals surface area contributed by atoms with E-state index in [2.05, 4.69) is 114 Å². The van der Waals surface area contributed by atoms with E-state index in [1.165, 1.54) is 66.2 Å². The molecule has 10 N–H and O–H groups in total. The van der Waals surface area contributed by atoms with Crippen LogP contribution in [0.2, 0.25) is 0 Å². The number of aromatic nitrogens is 3. The number of nitrogens with zero attached hydrogens (tertiary/aromatic N) is 4. The first-order chi connectivity index (χ1) is 51.1. The van der Waals surface area contributed by atoms with Gasteiger partial charge in [-0.1, -0.05) is 105 Å². The van der Waals surface area contributed by atoms with Crippen LogP contribution in [0.25, 0.3) is 11.0 Å². The summed E-state index contributed by atoms with van der Waals surface area (Å²) in [6.07, 6.45) is 14.5. The van der Waals surface area contributed by atoms with E-state index >= 15 is 0 Å². The van der Waals surface area contributed by atoms with Crippen molar-refractivity contribution in [3.63, 3.8) is 0 Å². The first-order valence-corrected chi connectivity index (χ1v) is 45.7. The SMILES string of the molecule is CCN1\C(=C/C=C/C=C/C2=[N+](CCCCCC(=O)NCCOCCOCCNC(=O)OCCC(C)(C)SSCOCCCCOC(=O)CCC#Cc3cn([C@H]4C[C@H](OCSSC)[C@@H](COP(=O)(O)OP(=O)(O)OP(=O)(O)O)O4)c4nc(N)[nH]c(=O)c34)c3ccc(S(=O)(=O)O)cc3C2(C)C)C(C)(C)c2ccccc21. The molecule has 0 aliphatic carbocycles. The number of H-pyrrole nitrogens is 1. The molecule has 2 unspecified atom stereocenters. The lowest BCUT2D eigenvalue weighted by atomic mass is 9.81. The van der Waals surface area contributed by atoms with E-state index in [0.29, 0.717) is 77.6 Å². The second-order valence-corrected chi connectivity index (χ2v) is 37.7. The van der Waals surface area contributed by atoms with Gasteiger partial charge >= 0.3 is 35.5 Å². The average Bonchev–Trinajstić information content (AvgIpc) is 1.60. The third-order valence-corrected chi connectivity index (χ3v) is 26.3. The number of allylic oxidation sites excluding steroid dienone is 6. The molecular formula is C68H98N8O24P3S5+. The number of carbonyl (C=O) groups excluding carboxylic acids is 3. The van der Waals surface area contributed by atoms with Crippen LogP contribution in [0.1, 0.15) is 136 Å². The fourth-order valence-corrected chi connectivity index (χ4v) is 18.6. The lowest BCUT2D eigenvalue weighted by molar-refractivity contribution is -0.438. The van der Waals surface area contributed by atoms with E-state index in [-0.39, 0.29) is 95.1 Å². The molecular weight excluding hydrogens is 1570 g/mol. The quantitative estimate of drug-likeness (QED) is 0.00228. The Kier molecular flexibility index (Phi) is 34.9. The molecule has 0 spiro atoms. The third-order valence-electron chi connectivity index (χ3n) is 17.2. The van der Waals surface area contributed by atoms with E-state index in [9.17, 15) is 55.6 Å². The summed E-state index contributed by atoms with van der Waals surface area (Å²) < 4.78 is 125. The van der Waals surface area contributed by atoms with Crippen LogP contribution in [0, 0.1) is 11.8 Å². The van der Waals surface area contributed by atoms with Gasteiger partial charge in [-0.3, -0.25) is 28.4 Å². The van der Waals surface area contributed by atoms with Crippen molar-refractivity contribution < 1.29 is 112 Å². The molecule has 0 saturated carbocycles. The van der Waals surface area contributed by atoms with Gasteiger partial charge in [0.05, 0.1) is 80.0 Å². The van der Waals surface area contributed by atoms with Crippen molar-refractivity contribution in [1.82, 2.24) is 25.2 Å². The zero-order chi connectivity index (χ0) is 78.9. The Labute approximate surface area is 644 Å². The number of para-hydroxylation sites is 1. The topological polar surface area (TPSA) is 437 Å². The summed E-state index contributed by atoms with van der Waals surface area (Å²) in [5, 5.41) is 5.62. The van der Waals surface area contributed by atoms with Crippen LogP contribution in [0.4, 0.5) is 22.1 Å². The van der Waals surface area contributed by atoms with Crippen molar-refractivity contribution in [2.75, 3.05) is 108 Å². The highest BCUT2D eigenvalue weighted by atomic mass is 33.1. The van der Waals surface area contributed by atoms with E-state index in [4.69, 9.17) is 53.2 Å². The summed E-state index contributed by atoms with van der Waals surface area (Å²) in [5.41, 5.74) is 11.2. The number of nitrogen functional groups attached to an aromatic ring is 1. The Morgan fingerprint density at radius 1 is 0.852 bits per heavy atom. The Morgan fingerprint density at radius 3 is 2.31 bits per heavy atom. The zero-order valence-electron chi connectivity index (χ0n) is 61.5. The maximum absolute atomic E-state index is 13.2. The van der Waals surface area contributed by atoms with Crippen molar-refractivity contribution in [3.8, 4) is 11.8 Å². The third kappa shape index (κ3) is 27.8. The molecule has 32 nitrogen and oxygen atoms in total. The van der Waals surface area contributed by atoms with Gasteiger partial charge in [-0.2, -0.15) is 26.6 Å². The highest BCUT2D eigenvalue weighted by Crippen LogP contribution is 2.66. The van der Waals surface area contributed by atoms with Gasteiger partial charge in [0.1, 0.15) is 30.8 Å². The monoisotopic (exact) mass is 1660 g/mol. The second-order valence-electron chi connectivity index (χ2n) is 26.4. The molecule has 7 rings (SSSR count). The maximum Gasteiger partial charge on any atom is 0.490 e. The predicted molar refractivity (Wildman–Crippen MR) is 415 cm³/mol. The number of hydrogen-bond donors (Lipinski definition) is 9. The summed E-state index contributed by atoms with van der Waals surface area (Å²) in [5.74, 6) is 5.50. The van der Waals surface area contributed by atoms with Crippen molar-refractivity contribution in [2.45, 2.75) is 152 Å². The van der Waals surface area contributed by atoms with Crippen molar-refractivity contribution >= 4 is 129 Å². The van der Waals surface area contributed by atoms with Gasteiger partial charge in [0, 0.05) is 97.4 Å². The fraction of sp³-hybridized carbons (Fsp3) is 0.559. The highest BCUT2D eigenvalue weighted by molar-refractivity contribution is 8.77. The molecule has 2 aromatic carbocycles. The fourth-order valence-electron chi connectivity index (χ4n) is 12.0. The molecule has 40 heteroatoms. The number of benzene rings is 2. The molecule has 5 atom stereocenters. The highest BCUT2D eigenvalue weighted by Gasteiger charge is 2.47. The van der Waals surface area contributed by atoms with Gasteiger partial charge < -0.3 is 78.6 Å². The molecule has 2 amide bonds. The number of phosphoric ester groups is 1. The van der Waals surface area contributed by atoms with E-state index < -0.39 is 81.7 Å². The Hall–Kier alpha value is -5.36. The minimum absolute atomic E-state index is 0.0421. The second kappa shape index (κ2) is 42.0. The van der Waals surface area contributed by atoms with Gasteiger partial charge in [0.15, 0.2) is 11.4 Å². The van der Waals surface area contributed by atoms with Crippen LogP contribution in [0.3, 0.4) is 0 Å². The number of carbonyl (C=O) groups is 3. The molecule has 3 aliphatic rings. The van der Waals surface area contributed by atoms with Crippen LogP contribution in [0.5, 0.6) is 0 Å². The molecule has 598 valence electrons. The van der Waals surface area contributed by atoms with Crippen LogP contribution >= 0.6 is 66.6 Å². The number of phosphoric acid groups is 3. The number of rotatable bonds is 46. The molecule has 108 heavy (non-hydrogen) atoms. The molecule has 3 aliphatic heterocycles. The van der Waals surface area contributed by atoms with Gasteiger partial charge in [-0.25, -0.2) is 18.5 Å². The number of hydrogen-bond acceptors (Lipinski definition) is 26. The summed E-state index contributed by atoms with van der Waals surface area (Å²) in [7, 11) is -15.5. The van der Waals surface area contributed by atoms with Crippen LogP contribution in [0.15, 0.2) is 94.4 Å². The first kappa shape index (κ1) is 89.8. The molecule has 0 radical (unpaired) electrons. The number of nitrogens with one attached hydrogen (secondary N) is 3.